The second-order valence-electron chi connectivity index (χ2n) is 6.25. The Labute approximate surface area is 144 Å². The van der Waals surface area contributed by atoms with Gasteiger partial charge in [-0.1, -0.05) is 0 Å². The van der Waals surface area contributed by atoms with Gasteiger partial charge in [0.25, 0.3) is 0 Å². The van der Waals surface area contributed by atoms with Crippen LogP contribution in [0.15, 0.2) is 18.2 Å². The van der Waals surface area contributed by atoms with E-state index in [-0.39, 0.29) is 17.5 Å². The van der Waals surface area contributed by atoms with Crippen molar-refractivity contribution >= 4 is 17.6 Å². The molecule has 2 fully saturated rings. The normalized spacial score (nSPS) is 19.0. The van der Waals surface area contributed by atoms with Crippen molar-refractivity contribution < 1.29 is 23.1 Å². The lowest BCUT2D eigenvalue weighted by Crippen LogP contribution is -2.48. The smallest absolute Gasteiger partial charge is 0.321 e. The number of nitrogens with zero attached hydrogens (tertiary/aromatic N) is 2. The molecule has 8 heteroatoms. The van der Waals surface area contributed by atoms with Crippen molar-refractivity contribution in [3.8, 4) is 0 Å². The van der Waals surface area contributed by atoms with E-state index in [0.717, 1.165) is 18.2 Å². The lowest BCUT2D eigenvalue weighted by molar-refractivity contribution is -0.140. The summed E-state index contributed by atoms with van der Waals surface area (Å²) < 4.78 is 32.0. The van der Waals surface area contributed by atoms with Gasteiger partial charge in [0.15, 0.2) is 0 Å². The van der Waals surface area contributed by atoms with Gasteiger partial charge in [-0.3, -0.25) is 4.79 Å². The van der Waals surface area contributed by atoms with Crippen molar-refractivity contribution in [1.29, 1.82) is 0 Å². The van der Waals surface area contributed by atoms with E-state index in [2.05, 4.69) is 5.32 Å². The summed E-state index contributed by atoms with van der Waals surface area (Å²) in [6, 6.07) is 2.43. The van der Waals surface area contributed by atoms with E-state index in [1.54, 1.807) is 0 Å². The minimum absolute atomic E-state index is 0.104. The number of ether oxygens (including phenoxy) is 1. The first kappa shape index (κ1) is 17.6. The first-order valence-electron chi connectivity index (χ1n) is 8.42. The maximum absolute atomic E-state index is 13.6. The number of amides is 3. The van der Waals surface area contributed by atoms with Crippen LogP contribution < -0.4 is 5.32 Å². The zero-order valence-electron chi connectivity index (χ0n) is 13.8. The Morgan fingerprint density at radius 3 is 2.40 bits per heavy atom. The van der Waals surface area contributed by atoms with Gasteiger partial charge in [0.2, 0.25) is 5.91 Å². The van der Waals surface area contributed by atoms with E-state index < -0.39 is 17.7 Å². The summed E-state index contributed by atoms with van der Waals surface area (Å²) in [4.78, 5) is 28.0. The molecule has 3 amide bonds. The molecule has 2 heterocycles. The van der Waals surface area contributed by atoms with Crippen LogP contribution in [0.3, 0.4) is 0 Å². The van der Waals surface area contributed by atoms with Gasteiger partial charge < -0.3 is 19.9 Å². The molecule has 0 unspecified atom stereocenters. The Balaban J connectivity index is 1.52. The summed E-state index contributed by atoms with van der Waals surface area (Å²) in [6.07, 6.45) is 1.13. The SMILES string of the molecule is O=C(Nc1cc(F)ccc1F)N1CCC(C(=O)N2CCOCC2)CC1. The Kier molecular flexibility index (Phi) is 5.47. The second-order valence-corrected chi connectivity index (χ2v) is 6.25. The van der Waals surface area contributed by atoms with E-state index in [1.165, 1.54) is 4.90 Å². The molecule has 0 aliphatic carbocycles. The van der Waals surface area contributed by atoms with E-state index in [1.807, 2.05) is 4.90 Å². The topological polar surface area (TPSA) is 61.9 Å². The number of likely N-dealkylation sites (tertiary alicyclic amines) is 1. The molecule has 1 N–H and O–H groups in total. The number of hydrogen-bond acceptors (Lipinski definition) is 3. The molecular weight excluding hydrogens is 332 g/mol. The van der Waals surface area contributed by atoms with Crippen molar-refractivity contribution in [2.24, 2.45) is 5.92 Å². The summed E-state index contributed by atoms with van der Waals surface area (Å²) in [5.74, 6) is -1.30. The molecule has 1 aromatic rings. The maximum Gasteiger partial charge on any atom is 0.321 e. The average Bonchev–Trinajstić information content (AvgIpc) is 2.65. The Bertz CT molecular complexity index is 642. The largest absolute Gasteiger partial charge is 0.378 e. The van der Waals surface area contributed by atoms with E-state index in [0.29, 0.717) is 52.2 Å². The van der Waals surface area contributed by atoms with Crippen molar-refractivity contribution in [3.63, 3.8) is 0 Å². The van der Waals surface area contributed by atoms with Gasteiger partial charge in [-0.05, 0) is 25.0 Å². The lowest BCUT2D eigenvalue weighted by Gasteiger charge is -2.35. The summed E-state index contributed by atoms with van der Waals surface area (Å²) in [7, 11) is 0. The van der Waals surface area contributed by atoms with Crippen molar-refractivity contribution in [1.82, 2.24) is 9.80 Å². The summed E-state index contributed by atoms with van der Waals surface area (Å²) in [5.41, 5.74) is -0.184. The van der Waals surface area contributed by atoms with Crippen LogP contribution in [-0.4, -0.2) is 61.1 Å². The predicted molar refractivity (Wildman–Crippen MR) is 87.1 cm³/mol. The minimum Gasteiger partial charge on any atom is -0.378 e. The Hall–Kier alpha value is -2.22. The molecular formula is C17H21F2N3O3. The van der Waals surface area contributed by atoms with Gasteiger partial charge in [0.05, 0.1) is 18.9 Å². The van der Waals surface area contributed by atoms with Gasteiger partial charge in [-0.15, -0.1) is 0 Å². The molecule has 1 aromatic carbocycles. The Morgan fingerprint density at radius 1 is 1.04 bits per heavy atom. The molecule has 6 nitrogen and oxygen atoms in total. The molecule has 0 bridgehead atoms. The highest BCUT2D eigenvalue weighted by atomic mass is 19.1. The fourth-order valence-electron chi connectivity index (χ4n) is 3.16. The number of rotatable bonds is 2. The van der Waals surface area contributed by atoms with Gasteiger partial charge in [0.1, 0.15) is 11.6 Å². The second kappa shape index (κ2) is 7.77. The molecule has 2 saturated heterocycles. The third kappa shape index (κ3) is 4.25. The average molecular weight is 353 g/mol. The van der Waals surface area contributed by atoms with Crippen molar-refractivity contribution in [2.45, 2.75) is 12.8 Å². The highest BCUT2D eigenvalue weighted by Gasteiger charge is 2.31. The highest BCUT2D eigenvalue weighted by Crippen LogP contribution is 2.22. The minimum atomic E-state index is -0.688. The van der Waals surface area contributed by atoms with Crippen LogP contribution in [0.25, 0.3) is 0 Å². The summed E-state index contributed by atoms with van der Waals surface area (Å²) >= 11 is 0. The molecule has 2 aliphatic heterocycles. The number of piperidine rings is 1. The molecule has 25 heavy (non-hydrogen) atoms. The molecule has 0 saturated carbocycles. The van der Waals surface area contributed by atoms with Crippen molar-refractivity contribution in [3.05, 3.63) is 29.8 Å². The number of carbonyl (C=O) groups is 2. The molecule has 136 valence electrons. The fraction of sp³-hybridized carbons (Fsp3) is 0.529. The fourth-order valence-corrected chi connectivity index (χ4v) is 3.16. The third-order valence-corrected chi connectivity index (χ3v) is 4.62. The van der Waals surface area contributed by atoms with E-state index in [9.17, 15) is 18.4 Å². The first-order valence-corrected chi connectivity index (χ1v) is 8.42. The van der Waals surface area contributed by atoms with Crippen LogP contribution in [0.2, 0.25) is 0 Å². The molecule has 0 aromatic heterocycles. The van der Waals surface area contributed by atoms with Crippen LogP contribution in [0, 0.1) is 17.6 Å². The zero-order valence-corrected chi connectivity index (χ0v) is 13.8. The quantitative estimate of drug-likeness (QED) is 0.885. The monoisotopic (exact) mass is 353 g/mol. The highest BCUT2D eigenvalue weighted by molar-refractivity contribution is 5.89. The molecule has 0 atom stereocenters. The summed E-state index contributed by atoms with van der Waals surface area (Å²) in [5, 5.41) is 2.39. The van der Waals surface area contributed by atoms with Gasteiger partial charge in [0, 0.05) is 38.2 Å². The zero-order chi connectivity index (χ0) is 17.8. The summed E-state index contributed by atoms with van der Waals surface area (Å²) in [6.45, 7) is 3.15. The van der Waals surface area contributed by atoms with Gasteiger partial charge in [-0.2, -0.15) is 0 Å². The Morgan fingerprint density at radius 2 is 1.72 bits per heavy atom. The predicted octanol–water partition coefficient (Wildman–Crippen LogP) is 2.07. The first-order chi connectivity index (χ1) is 12.0. The number of nitrogens with one attached hydrogen (secondary N) is 1. The number of halogens is 2. The molecule has 0 radical (unpaired) electrons. The standard InChI is InChI=1S/C17H21F2N3O3/c18-13-1-2-14(19)15(11-13)20-17(24)22-5-3-12(4-6-22)16(23)21-7-9-25-10-8-21/h1-2,11-12H,3-10H2,(H,20,24). The number of hydrogen-bond donors (Lipinski definition) is 1. The molecule has 0 spiro atoms. The number of urea groups is 1. The number of morpholine rings is 1. The number of carbonyl (C=O) groups excluding carboxylic acids is 2. The number of anilines is 1. The third-order valence-electron chi connectivity index (χ3n) is 4.62. The van der Waals surface area contributed by atoms with Crippen LogP contribution in [0.1, 0.15) is 12.8 Å². The van der Waals surface area contributed by atoms with Crippen LogP contribution in [0.4, 0.5) is 19.3 Å². The lowest BCUT2D eigenvalue weighted by atomic mass is 9.95. The molecule has 2 aliphatic rings. The van der Waals surface area contributed by atoms with Crippen LogP contribution in [0.5, 0.6) is 0 Å². The van der Waals surface area contributed by atoms with Crippen LogP contribution >= 0.6 is 0 Å². The van der Waals surface area contributed by atoms with Crippen molar-refractivity contribution in [2.75, 3.05) is 44.7 Å². The van der Waals surface area contributed by atoms with Gasteiger partial charge in [-0.25, -0.2) is 13.6 Å². The van der Waals surface area contributed by atoms with Crippen LogP contribution in [-0.2, 0) is 9.53 Å². The maximum atomic E-state index is 13.6. The van der Waals surface area contributed by atoms with Gasteiger partial charge >= 0.3 is 6.03 Å². The van der Waals surface area contributed by atoms with E-state index >= 15 is 0 Å². The molecule has 3 rings (SSSR count). The number of benzene rings is 1. The van der Waals surface area contributed by atoms with E-state index in [4.69, 9.17) is 4.74 Å².